The van der Waals surface area contributed by atoms with Gasteiger partial charge in [0.2, 0.25) is 0 Å². The smallest absolute Gasteiger partial charge is 0.311 e. The van der Waals surface area contributed by atoms with Gasteiger partial charge in [-0.2, -0.15) is 0 Å². The molecule has 6 N–H and O–H groups in total. The standard InChI is InChI=1S/C54H92FN5O14/c1-15-43-54(10,67)48(63)35(6)59(12)28-31(2)25-52(8,66)50(33(4)46(34(5)51(65)72-43)73-45-26-53(9,69-14)49(64)36(7)71-45)74-44-24-40(22-32(3)70-44)58(11)21-20-39-29-60(57-56-39)42(27-55)47(68-13)38-18-16-37(17-19-38)23-41(62)30-61/h16-19,29,31-36,40-50,61-64,66-67H,15,20-28,30H2,1-14H3/t31-,32-,33+,34-,35-,36+,40+,41?,42-,43-,44+,45+,46+,47-,48-,49+,50-,52-,53-,54-/m1/s1. The lowest BCUT2D eigenvalue weighted by molar-refractivity contribution is -0.308. The van der Waals surface area contributed by atoms with Crippen molar-refractivity contribution >= 4 is 5.97 Å². The largest absolute Gasteiger partial charge is 0.459 e. The summed E-state index contributed by atoms with van der Waals surface area (Å²) in [6.45, 7) is 17.7. The average Bonchev–Trinajstić information content (AvgIpc) is 3.83. The first-order valence-electron chi connectivity index (χ1n) is 26.7. The van der Waals surface area contributed by atoms with Gasteiger partial charge in [-0.15, -0.1) is 5.10 Å². The van der Waals surface area contributed by atoms with E-state index in [-0.39, 0.29) is 50.4 Å². The zero-order chi connectivity index (χ0) is 55.0. The molecule has 0 amide bonds. The van der Waals surface area contributed by atoms with Crippen molar-refractivity contribution in [3.8, 4) is 0 Å². The molecule has 0 saturated carbocycles. The summed E-state index contributed by atoms with van der Waals surface area (Å²) in [5, 5.41) is 75.4. The number of aliphatic hydroxyl groups is 6. The third kappa shape index (κ3) is 15.1. The molecule has 74 heavy (non-hydrogen) atoms. The Kier molecular flexibility index (Phi) is 22.4. The predicted octanol–water partition coefficient (Wildman–Crippen LogP) is 3.93. The Morgan fingerprint density at radius 1 is 0.959 bits per heavy atom. The summed E-state index contributed by atoms with van der Waals surface area (Å²) in [7, 11) is 6.90. The topological polar surface area (TPSA) is 240 Å². The van der Waals surface area contributed by atoms with Gasteiger partial charge in [0.15, 0.2) is 12.6 Å². The Labute approximate surface area is 438 Å². The zero-order valence-electron chi connectivity index (χ0n) is 46.5. The summed E-state index contributed by atoms with van der Waals surface area (Å²) in [5.41, 5.74) is -2.20. The van der Waals surface area contributed by atoms with E-state index in [0.717, 1.165) is 11.1 Å². The van der Waals surface area contributed by atoms with Gasteiger partial charge in [0.05, 0.1) is 59.9 Å². The zero-order valence-corrected chi connectivity index (χ0v) is 46.5. The van der Waals surface area contributed by atoms with Crippen LogP contribution in [0.5, 0.6) is 0 Å². The highest BCUT2D eigenvalue weighted by Gasteiger charge is 2.52. The molecular formula is C54H92FN5O14. The fourth-order valence-corrected chi connectivity index (χ4v) is 11.7. The molecule has 424 valence electrons. The Morgan fingerprint density at radius 2 is 1.64 bits per heavy atom. The second kappa shape index (κ2) is 26.7. The number of cyclic esters (lactones) is 1. The van der Waals surface area contributed by atoms with Crippen LogP contribution in [0.15, 0.2) is 30.5 Å². The van der Waals surface area contributed by atoms with Crippen LogP contribution < -0.4 is 0 Å². The summed E-state index contributed by atoms with van der Waals surface area (Å²) in [4.78, 5) is 18.7. The van der Waals surface area contributed by atoms with E-state index in [2.05, 4.69) is 15.2 Å². The Morgan fingerprint density at radius 3 is 2.24 bits per heavy atom. The number of hydrogen-bond donors (Lipinski definition) is 6. The molecule has 20 atom stereocenters. The van der Waals surface area contributed by atoms with Crippen LogP contribution in [-0.2, 0) is 50.8 Å². The van der Waals surface area contributed by atoms with E-state index < -0.39 is 115 Å². The van der Waals surface area contributed by atoms with E-state index in [1.807, 2.05) is 71.0 Å². The first-order chi connectivity index (χ1) is 34.7. The maximum atomic E-state index is 14.8. The lowest BCUT2D eigenvalue weighted by Gasteiger charge is -2.48. The average molecular weight is 1050 g/mol. The summed E-state index contributed by atoms with van der Waals surface area (Å²) in [6, 6.07) is 5.90. The van der Waals surface area contributed by atoms with E-state index in [9.17, 15) is 39.8 Å². The van der Waals surface area contributed by atoms with Crippen LogP contribution in [0.25, 0.3) is 0 Å². The number of halogens is 1. The Hall–Kier alpha value is -2.80. The van der Waals surface area contributed by atoms with E-state index in [0.29, 0.717) is 38.0 Å². The SMILES string of the molecule is CC[C@H]1OC(=O)[C@H](C)[C@@H](O[C@H]2C[C@@](C)(OC)[C@@H](O)[C@H](C)O2)[C@H](C)[C@@H](O[C@H]2C[C@@H](N(C)CCc3cn([C@H](CF)[C@H](OC)c4ccc(CC(O)CO)cc4)nn3)C[C@@H](C)O2)[C@](C)(O)C[C@@H](C)CN(C)[C@H](C)[C@@H](O)[C@]1(C)O. The van der Waals surface area contributed by atoms with Crippen molar-refractivity contribution in [1.29, 1.82) is 0 Å². The minimum Gasteiger partial charge on any atom is -0.459 e. The maximum absolute atomic E-state index is 14.8. The number of aromatic nitrogens is 3. The first-order valence-corrected chi connectivity index (χ1v) is 26.7. The number of esters is 1. The molecule has 19 nitrogen and oxygen atoms in total. The van der Waals surface area contributed by atoms with E-state index in [4.69, 9.17) is 33.2 Å². The molecular weight excluding hydrogens is 962 g/mol. The van der Waals surface area contributed by atoms with Gasteiger partial charge in [0, 0.05) is 77.2 Å². The van der Waals surface area contributed by atoms with Crippen LogP contribution in [0.1, 0.15) is 130 Å². The number of carbonyl (C=O) groups excluding carboxylic acids is 1. The van der Waals surface area contributed by atoms with Crippen molar-refractivity contribution in [1.82, 2.24) is 24.8 Å². The van der Waals surface area contributed by atoms with Crippen molar-refractivity contribution in [3.63, 3.8) is 0 Å². The fourth-order valence-electron chi connectivity index (χ4n) is 11.7. The number of rotatable bonds is 18. The van der Waals surface area contributed by atoms with Gasteiger partial charge in [-0.3, -0.25) is 4.79 Å². The number of alkyl halides is 1. The summed E-state index contributed by atoms with van der Waals surface area (Å²) in [6.07, 6.45) is -5.41. The Balaban J connectivity index is 1.40. The molecule has 0 aliphatic carbocycles. The minimum absolute atomic E-state index is 0.0327. The number of hydrogen-bond acceptors (Lipinski definition) is 18. The lowest BCUT2D eigenvalue weighted by Crippen LogP contribution is -2.59. The van der Waals surface area contributed by atoms with E-state index in [1.54, 1.807) is 40.8 Å². The van der Waals surface area contributed by atoms with Crippen LogP contribution in [-0.4, -0.2) is 206 Å². The molecule has 1 unspecified atom stereocenters. The molecule has 3 aliphatic rings. The fraction of sp³-hybridized carbons (Fsp3) is 0.833. The molecule has 4 heterocycles. The van der Waals surface area contributed by atoms with Crippen molar-refractivity contribution in [2.45, 2.75) is 217 Å². The Bertz CT molecular complexity index is 2020. The third-order valence-electron chi connectivity index (χ3n) is 16.4. The second-order valence-corrected chi connectivity index (χ2v) is 22.7. The van der Waals surface area contributed by atoms with Gasteiger partial charge in [-0.1, -0.05) is 50.3 Å². The van der Waals surface area contributed by atoms with Crippen LogP contribution in [0.3, 0.4) is 0 Å². The first kappa shape index (κ1) is 62.0. The van der Waals surface area contributed by atoms with Crippen LogP contribution >= 0.6 is 0 Å². The molecule has 1 aromatic heterocycles. The number of likely N-dealkylation sites (N-methyl/N-ethyl adjacent to an activating group) is 2. The number of benzene rings is 1. The molecule has 0 spiro atoms. The van der Waals surface area contributed by atoms with Crippen molar-refractivity contribution in [2.24, 2.45) is 17.8 Å². The summed E-state index contributed by atoms with van der Waals surface area (Å²) < 4.78 is 60.7. The van der Waals surface area contributed by atoms with E-state index in [1.165, 1.54) is 25.8 Å². The highest BCUT2D eigenvalue weighted by Crippen LogP contribution is 2.40. The van der Waals surface area contributed by atoms with Gasteiger partial charge in [-0.05, 0) is 98.9 Å². The van der Waals surface area contributed by atoms with Gasteiger partial charge >= 0.3 is 5.97 Å². The normalized spacial score (nSPS) is 38.7. The molecule has 20 heteroatoms. The lowest BCUT2D eigenvalue weighted by atomic mass is 9.77. The highest BCUT2D eigenvalue weighted by atomic mass is 19.1. The van der Waals surface area contributed by atoms with Gasteiger partial charge in [-0.25, -0.2) is 9.07 Å². The predicted molar refractivity (Wildman–Crippen MR) is 273 cm³/mol. The summed E-state index contributed by atoms with van der Waals surface area (Å²) >= 11 is 0. The quantitative estimate of drug-likeness (QED) is 0.116. The molecule has 0 bridgehead atoms. The number of carbonyl (C=O) groups is 1. The second-order valence-electron chi connectivity index (χ2n) is 22.7. The molecule has 3 aliphatic heterocycles. The highest BCUT2D eigenvalue weighted by molar-refractivity contribution is 5.73. The van der Waals surface area contributed by atoms with Crippen LogP contribution in [0.4, 0.5) is 4.39 Å². The number of aliphatic hydroxyl groups excluding tert-OH is 4. The minimum atomic E-state index is -1.83. The van der Waals surface area contributed by atoms with Crippen LogP contribution in [0, 0.1) is 17.8 Å². The van der Waals surface area contributed by atoms with Gasteiger partial charge < -0.3 is 73.6 Å². The maximum Gasteiger partial charge on any atom is 0.311 e. The van der Waals surface area contributed by atoms with Gasteiger partial charge in [0.25, 0.3) is 0 Å². The number of methoxy groups -OCH3 is 2. The molecule has 3 saturated heterocycles. The van der Waals surface area contributed by atoms with Crippen molar-refractivity contribution < 1.29 is 73.0 Å². The number of nitrogens with zero attached hydrogens (tertiary/aromatic N) is 5. The van der Waals surface area contributed by atoms with E-state index >= 15 is 0 Å². The monoisotopic (exact) mass is 1050 g/mol. The van der Waals surface area contributed by atoms with Crippen molar-refractivity contribution in [2.75, 3.05) is 54.7 Å². The summed E-state index contributed by atoms with van der Waals surface area (Å²) in [5.74, 6) is -2.60. The third-order valence-corrected chi connectivity index (χ3v) is 16.4. The van der Waals surface area contributed by atoms with Crippen LogP contribution in [0.2, 0.25) is 0 Å². The molecule has 5 rings (SSSR count). The van der Waals surface area contributed by atoms with Crippen molar-refractivity contribution in [3.05, 3.63) is 47.3 Å². The number of ether oxygens (including phenoxy) is 7. The van der Waals surface area contributed by atoms with Gasteiger partial charge in [0.1, 0.15) is 42.7 Å². The molecule has 1 aromatic carbocycles. The molecule has 2 aromatic rings. The molecule has 3 fully saturated rings. The molecule has 0 radical (unpaired) electrons.